The van der Waals surface area contributed by atoms with Crippen molar-refractivity contribution in [2.45, 2.75) is 18.1 Å². The van der Waals surface area contributed by atoms with Crippen LogP contribution < -0.4 is 15.0 Å². The van der Waals surface area contributed by atoms with Crippen molar-refractivity contribution in [2.24, 2.45) is 0 Å². The second-order valence-electron chi connectivity index (χ2n) is 4.93. The quantitative estimate of drug-likeness (QED) is 0.804. The number of ether oxygens (including phenoxy) is 2. The highest BCUT2D eigenvalue weighted by Gasteiger charge is 2.23. The second-order valence-corrected chi connectivity index (χ2v) is 5.99. The molecule has 0 unspecified atom stereocenters. The molecule has 7 heteroatoms. The molecule has 3 rings (SSSR count). The highest BCUT2D eigenvalue weighted by molar-refractivity contribution is 7.99. The zero-order chi connectivity index (χ0) is 16.4. The lowest BCUT2D eigenvalue weighted by atomic mass is 10.1. The van der Waals surface area contributed by atoms with Crippen LogP contribution in [0, 0.1) is 11.3 Å². The molecule has 118 valence electrons. The van der Waals surface area contributed by atoms with Gasteiger partial charge in [-0.25, -0.2) is 4.98 Å². The van der Waals surface area contributed by atoms with Gasteiger partial charge in [0.25, 0.3) is 5.56 Å². The van der Waals surface area contributed by atoms with Crippen LogP contribution in [0.5, 0.6) is 11.5 Å². The zero-order valence-corrected chi connectivity index (χ0v) is 13.6. The summed E-state index contributed by atoms with van der Waals surface area (Å²) in [5.41, 5.74) is 0.649. The third-order valence-corrected chi connectivity index (χ3v) is 4.72. The minimum atomic E-state index is -0.301. The largest absolute Gasteiger partial charge is 0.493 e. The van der Waals surface area contributed by atoms with Crippen molar-refractivity contribution < 1.29 is 9.47 Å². The smallest absolute Gasteiger partial charge is 0.272 e. The van der Waals surface area contributed by atoms with Gasteiger partial charge in [-0.3, -0.25) is 9.36 Å². The van der Waals surface area contributed by atoms with Gasteiger partial charge in [-0.15, -0.1) is 0 Å². The van der Waals surface area contributed by atoms with Crippen LogP contribution in [0.2, 0.25) is 0 Å². The summed E-state index contributed by atoms with van der Waals surface area (Å²) in [5, 5.41) is 10.1. The summed E-state index contributed by atoms with van der Waals surface area (Å²) in [6, 6.07) is 7.31. The number of nitriles is 1. The molecule has 0 N–H and O–H groups in total. The second kappa shape index (κ2) is 6.34. The van der Waals surface area contributed by atoms with Gasteiger partial charge in [0.15, 0.2) is 16.7 Å². The summed E-state index contributed by atoms with van der Waals surface area (Å²) < 4.78 is 12.3. The fraction of sp³-hybridized carbons (Fsp3) is 0.312. The summed E-state index contributed by atoms with van der Waals surface area (Å²) in [6.45, 7) is 0.596. The molecule has 1 aliphatic rings. The number of hydrogen-bond acceptors (Lipinski definition) is 6. The van der Waals surface area contributed by atoms with Gasteiger partial charge in [-0.2, -0.15) is 5.26 Å². The molecule has 0 fully saturated rings. The molecule has 0 aliphatic carbocycles. The SMILES string of the molecule is COc1cccc(-c2nc3n(c(=O)c2C#N)CCCS3)c1OC. The van der Waals surface area contributed by atoms with Crippen molar-refractivity contribution in [3.05, 3.63) is 34.1 Å². The van der Waals surface area contributed by atoms with Crippen LogP contribution in [0.3, 0.4) is 0 Å². The molecule has 0 amide bonds. The van der Waals surface area contributed by atoms with E-state index in [2.05, 4.69) is 4.98 Å². The van der Waals surface area contributed by atoms with Gasteiger partial charge in [0.2, 0.25) is 0 Å². The van der Waals surface area contributed by atoms with Crippen LogP contribution in [-0.4, -0.2) is 29.5 Å². The molecule has 2 aromatic rings. The van der Waals surface area contributed by atoms with Gasteiger partial charge in [0.1, 0.15) is 17.3 Å². The summed E-state index contributed by atoms with van der Waals surface area (Å²) in [5.74, 6) is 1.90. The van der Waals surface area contributed by atoms with E-state index in [0.717, 1.165) is 12.2 Å². The number of fused-ring (bicyclic) bond motifs is 1. The molecule has 1 aromatic heterocycles. The monoisotopic (exact) mass is 329 g/mol. The number of nitrogens with zero attached hydrogens (tertiary/aromatic N) is 3. The van der Waals surface area contributed by atoms with E-state index >= 15 is 0 Å². The Morgan fingerprint density at radius 2 is 2.17 bits per heavy atom. The highest BCUT2D eigenvalue weighted by atomic mass is 32.2. The maximum Gasteiger partial charge on any atom is 0.272 e. The molecular formula is C16H15N3O3S. The van der Waals surface area contributed by atoms with Crippen molar-refractivity contribution >= 4 is 11.8 Å². The Kier molecular flexibility index (Phi) is 4.26. The Labute approximate surface area is 137 Å². The molecule has 0 bridgehead atoms. The average Bonchev–Trinajstić information content (AvgIpc) is 2.60. The van der Waals surface area contributed by atoms with Crippen molar-refractivity contribution in [1.29, 1.82) is 5.26 Å². The van der Waals surface area contributed by atoms with Gasteiger partial charge >= 0.3 is 0 Å². The maximum absolute atomic E-state index is 12.6. The van der Waals surface area contributed by atoms with Gasteiger partial charge in [-0.05, 0) is 18.6 Å². The molecule has 0 saturated heterocycles. The Hall–Kier alpha value is -2.46. The first-order valence-corrected chi connectivity index (χ1v) is 8.09. The Morgan fingerprint density at radius 3 is 2.87 bits per heavy atom. The Balaban J connectivity index is 2.31. The molecule has 2 heterocycles. The van der Waals surface area contributed by atoms with Crippen LogP contribution in [0.15, 0.2) is 28.2 Å². The molecule has 6 nitrogen and oxygen atoms in total. The number of para-hydroxylation sites is 1. The molecule has 23 heavy (non-hydrogen) atoms. The van der Waals surface area contributed by atoms with E-state index in [4.69, 9.17) is 9.47 Å². The van der Waals surface area contributed by atoms with Crippen LogP contribution >= 0.6 is 11.8 Å². The van der Waals surface area contributed by atoms with Gasteiger partial charge in [0, 0.05) is 17.9 Å². The summed E-state index contributed by atoms with van der Waals surface area (Å²) in [6.07, 6.45) is 0.895. The lowest BCUT2D eigenvalue weighted by Gasteiger charge is -2.19. The van der Waals surface area contributed by atoms with Gasteiger partial charge in [-0.1, -0.05) is 17.8 Å². The van der Waals surface area contributed by atoms with E-state index in [1.54, 1.807) is 22.8 Å². The fourth-order valence-electron chi connectivity index (χ4n) is 2.60. The van der Waals surface area contributed by atoms with Gasteiger partial charge in [0.05, 0.1) is 14.2 Å². The molecule has 0 atom stereocenters. The first-order valence-electron chi connectivity index (χ1n) is 7.10. The van der Waals surface area contributed by atoms with Crippen molar-refractivity contribution in [3.8, 4) is 28.8 Å². The van der Waals surface area contributed by atoms with Crippen LogP contribution in [0.1, 0.15) is 12.0 Å². The topological polar surface area (TPSA) is 77.1 Å². The van der Waals surface area contributed by atoms with Crippen molar-refractivity contribution in [2.75, 3.05) is 20.0 Å². The molecule has 0 saturated carbocycles. The predicted molar refractivity (Wildman–Crippen MR) is 87.1 cm³/mol. The minimum absolute atomic E-state index is 0.0304. The normalized spacial score (nSPS) is 13.1. The zero-order valence-electron chi connectivity index (χ0n) is 12.8. The third kappa shape index (κ3) is 2.55. The lowest BCUT2D eigenvalue weighted by molar-refractivity contribution is 0.356. The molecule has 0 spiro atoms. The predicted octanol–water partition coefficient (Wildman–Crippen LogP) is 2.29. The number of aromatic nitrogens is 2. The van der Waals surface area contributed by atoms with E-state index in [-0.39, 0.29) is 11.1 Å². The van der Waals surface area contributed by atoms with Gasteiger partial charge < -0.3 is 9.47 Å². The molecule has 1 aromatic carbocycles. The van der Waals surface area contributed by atoms with Crippen LogP contribution in [-0.2, 0) is 6.54 Å². The van der Waals surface area contributed by atoms with E-state index < -0.39 is 0 Å². The molecular weight excluding hydrogens is 314 g/mol. The number of thioether (sulfide) groups is 1. The standard InChI is InChI=1S/C16H15N3O3S/c1-21-12-6-3-5-10(14(12)22-2)13-11(9-17)15(20)19-7-4-8-23-16(19)18-13/h3,5-6H,4,7-8H2,1-2H3. The summed E-state index contributed by atoms with van der Waals surface area (Å²) in [4.78, 5) is 17.2. The van der Waals surface area contributed by atoms with Crippen LogP contribution in [0.25, 0.3) is 11.3 Å². The Bertz CT molecular complexity index is 855. The van der Waals surface area contributed by atoms with Crippen molar-refractivity contribution in [3.63, 3.8) is 0 Å². The Morgan fingerprint density at radius 1 is 1.35 bits per heavy atom. The number of methoxy groups -OCH3 is 2. The highest BCUT2D eigenvalue weighted by Crippen LogP contribution is 2.38. The number of rotatable bonds is 3. The first kappa shape index (κ1) is 15.4. The first-order chi connectivity index (χ1) is 11.2. The summed E-state index contributed by atoms with van der Waals surface area (Å²) in [7, 11) is 3.06. The lowest BCUT2D eigenvalue weighted by Crippen LogP contribution is -2.29. The third-order valence-electron chi connectivity index (χ3n) is 3.66. The number of hydrogen-bond donors (Lipinski definition) is 0. The van der Waals surface area contributed by atoms with E-state index in [9.17, 15) is 10.1 Å². The number of benzene rings is 1. The van der Waals surface area contributed by atoms with Crippen molar-refractivity contribution in [1.82, 2.24) is 9.55 Å². The van der Waals surface area contributed by atoms with Crippen LogP contribution in [0.4, 0.5) is 0 Å². The van der Waals surface area contributed by atoms with E-state index in [0.29, 0.717) is 34.5 Å². The molecule has 1 aliphatic heterocycles. The summed E-state index contributed by atoms with van der Waals surface area (Å²) >= 11 is 1.52. The van der Waals surface area contributed by atoms with E-state index in [1.165, 1.54) is 26.0 Å². The molecule has 0 radical (unpaired) electrons. The average molecular weight is 329 g/mol. The van der Waals surface area contributed by atoms with E-state index in [1.807, 2.05) is 6.07 Å². The minimum Gasteiger partial charge on any atom is -0.493 e. The maximum atomic E-state index is 12.6. The fourth-order valence-corrected chi connectivity index (χ4v) is 3.54.